The normalized spacial score (nSPS) is 19.7. The summed E-state index contributed by atoms with van der Waals surface area (Å²) in [6.07, 6.45) is 2.28. The third-order valence-electron chi connectivity index (χ3n) is 5.29. The third kappa shape index (κ3) is 5.82. The molecule has 25 heavy (non-hydrogen) atoms. The van der Waals surface area contributed by atoms with Crippen molar-refractivity contribution in [3.63, 3.8) is 0 Å². The number of rotatable bonds is 7. The Balaban J connectivity index is 1.96. The summed E-state index contributed by atoms with van der Waals surface area (Å²) >= 11 is 0. The summed E-state index contributed by atoms with van der Waals surface area (Å²) in [5.41, 5.74) is 7.44. The summed E-state index contributed by atoms with van der Waals surface area (Å²) in [6, 6.07) is 10.8. The van der Waals surface area contributed by atoms with Gasteiger partial charge in [-0.15, -0.1) is 0 Å². The lowest BCUT2D eigenvalue weighted by atomic mass is 9.95. The van der Waals surface area contributed by atoms with E-state index in [1.807, 2.05) is 18.7 Å². The minimum Gasteiger partial charge on any atom is -0.341 e. The van der Waals surface area contributed by atoms with Gasteiger partial charge in [0.2, 0.25) is 5.91 Å². The number of amides is 1. The molecule has 0 bridgehead atoms. The molecule has 1 aromatic carbocycles. The fourth-order valence-electron chi connectivity index (χ4n) is 3.52. The van der Waals surface area contributed by atoms with Gasteiger partial charge in [0.05, 0.1) is 6.04 Å². The smallest absolute Gasteiger partial charge is 0.239 e. The van der Waals surface area contributed by atoms with Crippen molar-refractivity contribution in [2.45, 2.75) is 59.2 Å². The monoisotopic (exact) mass is 345 g/mol. The second-order valence-corrected chi connectivity index (χ2v) is 8.07. The first kappa shape index (κ1) is 19.9. The SMILES string of the molecule is CC(C)[C@H](N)C(=O)N1CCC[C@@H](CN(Cc2ccccc2)C(C)C)C1. The number of nitrogens with two attached hydrogens (primary N) is 1. The quantitative estimate of drug-likeness (QED) is 0.826. The van der Waals surface area contributed by atoms with Crippen molar-refractivity contribution in [2.75, 3.05) is 19.6 Å². The molecular formula is C21H35N3O. The number of nitrogens with zero attached hydrogens (tertiary/aromatic N) is 2. The highest BCUT2D eigenvalue weighted by Crippen LogP contribution is 2.21. The van der Waals surface area contributed by atoms with Crippen LogP contribution in [0.15, 0.2) is 30.3 Å². The molecule has 1 fully saturated rings. The van der Waals surface area contributed by atoms with Gasteiger partial charge < -0.3 is 10.6 Å². The molecule has 0 spiro atoms. The molecule has 0 aromatic heterocycles. The van der Waals surface area contributed by atoms with Crippen molar-refractivity contribution < 1.29 is 4.79 Å². The van der Waals surface area contributed by atoms with Gasteiger partial charge in [-0.1, -0.05) is 44.2 Å². The minimum absolute atomic E-state index is 0.124. The van der Waals surface area contributed by atoms with Gasteiger partial charge in [-0.3, -0.25) is 9.69 Å². The number of piperidine rings is 1. The van der Waals surface area contributed by atoms with Crippen LogP contribution in [0.4, 0.5) is 0 Å². The van der Waals surface area contributed by atoms with Gasteiger partial charge in [-0.2, -0.15) is 0 Å². The van der Waals surface area contributed by atoms with E-state index in [9.17, 15) is 4.79 Å². The van der Waals surface area contributed by atoms with E-state index in [4.69, 9.17) is 5.73 Å². The van der Waals surface area contributed by atoms with Crippen molar-refractivity contribution in [2.24, 2.45) is 17.6 Å². The van der Waals surface area contributed by atoms with E-state index < -0.39 is 0 Å². The summed E-state index contributed by atoms with van der Waals surface area (Å²) in [4.78, 5) is 17.1. The molecule has 1 heterocycles. The van der Waals surface area contributed by atoms with Crippen molar-refractivity contribution in [3.8, 4) is 0 Å². The Bertz CT molecular complexity index is 529. The molecular weight excluding hydrogens is 310 g/mol. The lowest BCUT2D eigenvalue weighted by Gasteiger charge is -2.38. The summed E-state index contributed by atoms with van der Waals surface area (Å²) in [7, 11) is 0. The first-order chi connectivity index (χ1) is 11.9. The van der Waals surface area contributed by atoms with Gasteiger partial charge in [0.1, 0.15) is 0 Å². The molecule has 4 heteroatoms. The molecule has 1 aliphatic heterocycles. The van der Waals surface area contributed by atoms with E-state index in [0.29, 0.717) is 12.0 Å². The average Bonchev–Trinajstić information content (AvgIpc) is 2.60. The Labute approximate surface area is 153 Å². The summed E-state index contributed by atoms with van der Waals surface area (Å²) in [5, 5.41) is 0. The van der Waals surface area contributed by atoms with Gasteiger partial charge in [-0.25, -0.2) is 0 Å². The highest BCUT2D eigenvalue weighted by atomic mass is 16.2. The molecule has 2 N–H and O–H groups in total. The van der Waals surface area contributed by atoms with Crippen molar-refractivity contribution >= 4 is 5.91 Å². The highest BCUT2D eigenvalue weighted by Gasteiger charge is 2.29. The predicted octanol–water partition coefficient (Wildman–Crippen LogP) is 3.12. The number of likely N-dealkylation sites (tertiary alicyclic amines) is 1. The molecule has 1 aromatic rings. The second kappa shape index (κ2) is 9.35. The van der Waals surface area contributed by atoms with Crippen molar-refractivity contribution in [3.05, 3.63) is 35.9 Å². The molecule has 0 unspecified atom stereocenters. The van der Waals surface area contributed by atoms with E-state index in [1.54, 1.807) is 0 Å². The summed E-state index contributed by atoms with van der Waals surface area (Å²) < 4.78 is 0. The Kier molecular flexibility index (Phi) is 7.45. The minimum atomic E-state index is -0.371. The van der Waals surface area contributed by atoms with Crippen LogP contribution in [0, 0.1) is 11.8 Å². The molecule has 0 aliphatic carbocycles. The lowest BCUT2D eigenvalue weighted by molar-refractivity contribution is -0.135. The largest absolute Gasteiger partial charge is 0.341 e. The number of carbonyl (C=O) groups is 1. The Morgan fingerprint density at radius 1 is 1.24 bits per heavy atom. The van der Waals surface area contributed by atoms with Gasteiger partial charge in [0.25, 0.3) is 0 Å². The maximum Gasteiger partial charge on any atom is 0.239 e. The number of benzene rings is 1. The Morgan fingerprint density at radius 3 is 2.52 bits per heavy atom. The van der Waals surface area contributed by atoms with E-state index in [1.165, 1.54) is 12.0 Å². The zero-order chi connectivity index (χ0) is 18.4. The molecule has 1 amide bonds. The van der Waals surface area contributed by atoms with Crippen molar-refractivity contribution in [1.29, 1.82) is 0 Å². The standard InChI is InChI=1S/C21H35N3O/c1-16(2)20(22)21(25)23-12-8-11-19(14-23)15-24(17(3)4)13-18-9-6-5-7-10-18/h5-7,9-10,16-17,19-20H,8,11-15,22H2,1-4H3/t19-,20+/m1/s1. The number of hydrogen-bond donors (Lipinski definition) is 1. The van der Waals surface area contributed by atoms with Crippen LogP contribution in [0.2, 0.25) is 0 Å². The zero-order valence-electron chi connectivity index (χ0n) is 16.3. The fraction of sp³-hybridized carbons (Fsp3) is 0.667. The van der Waals surface area contributed by atoms with Crippen LogP contribution in [0.25, 0.3) is 0 Å². The molecule has 140 valence electrons. The zero-order valence-corrected chi connectivity index (χ0v) is 16.3. The maximum atomic E-state index is 12.6. The predicted molar refractivity (Wildman–Crippen MR) is 104 cm³/mol. The second-order valence-electron chi connectivity index (χ2n) is 8.07. The molecule has 0 saturated carbocycles. The van der Waals surface area contributed by atoms with Crippen LogP contribution in [-0.2, 0) is 11.3 Å². The van der Waals surface area contributed by atoms with Crippen LogP contribution in [0.5, 0.6) is 0 Å². The number of hydrogen-bond acceptors (Lipinski definition) is 3. The van der Waals surface area contributed by atoms with E-state index >= 15 is 0 Å². The van der Waals surface area contributed by atoms with Gasteiger partial charge in [-0.05, 0) is 44.1 Å². The first-order valence-corrected chi connectivity index (χ1v) is 9.70. The molecule has 1 saturated heterocycles. The Morgan fingerprint density at radius 2 is 1.92 bits per heavy atom. The van der Waals surface area contributed by atoms with E-state index in [0.717, 1.165) is 32.6 Å². The summed E-state index contributed by atoms with van der Waals surface area (Å²) in [6.45, 7) is 12.2. The van der Waals surface area contributed by atoms with Gasteiger partial charge in [0, 0.05) is 32.2 Å². The topological polar surface area (TPSA) is 49.6 Å². The first-order valence-electron chi connectivity index (χ1n) is 9.70. The highest BCUT2D eigenvalue weighted by molar-refractivity contribution is 5.82. The van der Waals surface area contributed by atoms with Crippen LogP contribution < -0.4 is 5.73 Å². The van der Waals surface area contributed by atoms with E-state index in [2.05, 4.69) is 49.1 Å². The molecule has 2 atom stereocenters. The van der Waals surface area contributed by atoms with Crippen molar-refractivity contribution in [1.82, 2.24) is 9.80 Å². The maximum absolute atomic E-state index is 12.6. The van der Waals surface area contributed by atoms with Crippen LogP contribution in [0.1, 0.15) is 46.1 Å². The van der Waals surface area contributed by atoms with E-state index in [-0.39, 0.29) is 17.9 Å². The van der Waals surface area contributed by atoms with Crippen LogP contribution in [0.3, 0.4) is 0 Å². The molecule has 2 rings (SSSR count). The van der Waals surface area contributed by atoms with Gasteiger partial charge >= 0.3 is 0 Å². The van der Waals surface area contributed by atoms with Gasteiger partial charge in [0.15, 0.2) is 0 Å². The van der Waals surface area contributed by atoms with Crippen LogP contribution >= 0.6 is 0 Å². The lowest BCUT2D eigenvalue weighted by Crippen LogP contribution is -2.51. The Hall–Kier alpha value is -1.39. The third-order valence-corrected chi connectivity index (χ3v) is 5.29. The summed E-state index contributed by atoms with van der Waals surface area (Å²) in [5.74, 6) is 0.847. The molecule has 0 radical (unpaired) electrons. The average molecular weight is 346 g/mol. The molecule has 4 nitrogen and oxygen atoms in total. The fourth-order valence-corrected chi connectivity index (χ4v) is 3.52. The number of carbonyl (C=O) groups excluding carboxylic acids is 1. The van der Waals surface area contributed by atoms with Crippen LogP contribution in [-0.4, -0.2) is 47.4 Å². The molecule has 1 aliphatic rings.